The van der Waals surface area contributed by atoms with E-state index in [9.17, 15) is 0 Å². The van der Waals surface area contributed by atoms with Gasteiger partial charge in [0.25, 0.3) is 0 Å². The third kappa shape index (κ3) is 9.97. The van der Waals surface area contributed by atoms with Crippen LogP contribution in [0.3, 0.4) is 0 Å². The summed E-state index contributed by atoms with van der Waals surface area (Å²) < 4.78 is 0. The summed E-state index contributed by atoms with van der Waals surface area (Å²) in [5, 5.41) is 0. The fraction of sp³-hybridized carbons (Fsp3) is 0.733. The van der Waals surface area contributed by atoms with Crippen molar-refractivity contribution in [3.8, 4) is 0 Å². The van der Waals surface area contributed by atoms with Gasteiger partial charge in [0.2, 0.25) is 0 Å². The topological polar surface area (TPSA) is 3.24 Å². The van der Waals surface area contributed by atoms with Crippen molar-refractivity contribution in [3.63, 3.8) is 0 Å². The Kier molecular flexibility index (Phi) is 12.1. The zero-order chi connectivity index (χ0) is 12.1. The Hall–Kier alpha value is -0.560. The predicted molar refractivity (Wildman–Crippen MR) is 74.8 cm³/mol. The van der Waals surface area contributed by atoms with E-state index in [2.05, 4.69) is 50.0 Å². The van der Waals surface area contributed by atoms with Crippen LogP contribution in [0.15, 0.2) is 24.3 Å². The predicted octanol–water partition coefficient (Wildman–Crippen LogP) is 4.41. The summed E-state index contributed by atoms with van der Waals surface area (Å²) in [6.45, 7) is 10.1. The number of hydrogen-bond donors (Lipinski definition) is 0. The molecule has 0 saturated heterocycles. The Bertz CT molecular complexity index is 178. The van der Waals surface area contributed by atoms with E-state index in [1.54, 1.807) is 0 Å². The molecule has 16 heavy (non-hydrogen) atoms. The minimum absolute atomic E-state index is 1.09. The van der Waals surface area contributed by atoms with Gasteiger partial charge in [-0.25, -0.2) is 0 Å². The minimum Gasteiger partial charge on any atom is -0.300 e. The maximum Gasteiger partial charge on any atom is 0.0163 e. The highest BCUT2D eigenvalue weighted by molar-refractivity contribution is 4.93. The van der Waals surface area contributed by atoms with E-state index in [1.807, 2.05) is 0 Å². The van der Waals surface area contributed by atoms with Crippen LogP contribution < -0.4 is 0 Å². The van der Waals surface area contributed by atoms with Crippen molar-refractivity contribution in [2.75, 3.05) is 19.6 Å². The monoisotopic (exact) mass is 223 g/mol. The van der Waals surface area contributed by atoms with Gasteiger partial charge < -0.3 is 4.90 Å². The van der Waals surface area contributed by atoms with E-state index in [1.165, 1.54) is 25.7 Å². The lowest BCUT2D eigenvalue weighted by atomic mass is 10.2. The Balaban J connectivity index is 3.39. The summed E-state index contributed by atoms with van der Waals surface area (Å²) in [4.78, 5) is 2.42. The van der Waals surface area contributed by atoms with Gasteiger partial charge in [0.1, 0.15) is 0 Å². The van der Waals surface area contributed by atoms with E-state index in [4.69, 9.17) is 0 Å². The fourth-order valence-electron chi connectivity index (χ4n) is 1.61. The first-order valence-electron chi connectivity index (χ1n) is 6.87. The van der Waals surface area contributed by atoms with Crippen LogP contribution in [0.2, 0.25) is 0 Å². The van der Waals surface area contributed by atoms with Gasteiger partial charge in [-0.15, -0.1) is 0 Å². The van der Waals surface area contributed by atoms with Gasteiger partial charge in [-0.3, -0.25) is 0 Å². The number of unbranched alkanes of at least 4 members (excludes halogenated alkanes) is 3. The first-order valence-corrected chi connectivity index (χ1v) is 6.87. The Morgan fingerprint density at radius 2 is 1.50 bits per heavy atom. The Labute approximate surface area is 102 Å². The molecule has 0 atom stereocenters. The number of likely N-dealkylation sites (N-methyl/N-ethyl adjacent to an activating group) is 1. The van der Waals surface area contributed by atoms with E-state index >= 15 is 0 Å². The Morgan fingerprint density at radius 1 is 0.812 bits per heavy atom. The average molecular weight is 223 g/mol. The van der Waals surface area contributed by atoms with Gasteiger partial charge in [-0.1, -0.05) is 57.9 Å². The largest absolute Gasteiger partial charge is 0.300 e. The summed E-state index contributed by atoms with van der Waals surface area (Å²) in [6.07, 6.45) is 15.5. The normalized spacial score (nSPS) is 12.2. The van der Waals surface area contributed by atoms with Crippen LogP contribution in [-0.2, 0) is 0 Å². The van der Waals surface area contributed by atoms with Gasteiger partial charge in [0, 0.05) is 6.54 Å². The van der Waals surface area contributed by atoms with Gasteiger partial charge in [0.15, 0.2) is 0 Å². The third-order valence-electron chi connectivity index (χ3n) is 2.84. The summed E-state index contributed by atoms with van der Waals surface area (Å²) in [5.41, 5.74) is 0. The van der Waals surface area contributed by atoms with Crippen LogP contribution in [0.5, 0.6) is 0 Å². The van der Waals surface area contributed by atoms with Gasteiger partial charge in [-0.05, 0) is 32.4 Å². The van der Waals surface area contributed by atoms with E-state index in [-0.39, 0.29) is 0 Å². The molecule has 0 heterocycles. The molecule has 0 rings (SSSR count). The lowest BCUT2D eigenvalue weighted by Gasteiger charge is -2.14. The maximum absolute atomic E-state index is 2.42. The molecule has 0 aliphatic heterocycles. The van der Waals surface area contributed by atoms with Crippen LogP contribution in [0.4, 0.5) is 0 Å². The van der Waals surface area contributed by atoms with E-state index in [0.29, 0.717) is 0 Å². The number of nitrogens with zero attached hydrogens (tertiary/aromatic N) is 1. The maximum atomic E-state index is 2.42. The molecule has 0 aromatic heterocycles. The molecule has 0 radical (unpaired) electrons. The molecule has 94 valence electrons. The van der Waals surface area contributed by atoms with Crippen molar-refractivity contribution in [2.45, 2.75) is 52.9 Å². The number of allylic oxidation sites excluding steroid dienone is 3. The quantitative estimate of drug-likeness (QED) is 0.392. The van der Waals surface area contributed by atoms with Crippen LogP contribution in [0, 0.1) is 0 Å². The SMILES string of the molecule is CCCCC/C=C/C/C=C/CN(CC)CC. The van der Waals surface area contributed by atoms with Crippen LogP contribution in [-0.4, -0.2) is 24.5 Å². The summed E-state index contributed by atoms with van der Waals surface area (Å²) in [6, 6.07) is 0. The molecule has 0 bridgehead atoms. The van der Waals surface area contributed by atoms with Crippen molar-refractivity contribution in [2.24, 2.45) is 0 Å². The molecule has 0 N–H and O–H groups in total. The first-order chi connectivity index (χ1) is 7.85. The highest BCUT2D eigenvalue weighted by Gasteiger charge is 1.92. The van der Waals surface area contributed by atoms with Crippen LogP contribution in [0.25, 0.3) is 0 Å². The van der Waals surface area contributed by atoms with Crippen molar-refractivity contribution in [3.05, 3.63) is 24.3 Å². The van der Waals surface area contributed by atoms with Gasteiger partial charge >= 0.3 is 0 Å². The number of hydrogen-bond acceptors (Lipinski definition) is 1. The molecule has 0 aromatic rings. The minimum atomic E-state index is 1.09. The second-order valence-corrected chi connectivity index (χ2v) is 4.16. The summed E-state index contributed by atoms with van der Waals surface area (Å²) in [7, 11) is 0. The lowest BCUT2D eigenvalue weighted by Crippen LogP contribution is -2.22. The van der Waals surface area contributed by atoms with Gasteiger partial charge in [-0.2, -0.15) is 0 Å². The van der Waals surface area contributed by atoms with Gasteiger partial charge in [0.05, 0.1) is 0 Å². The highest BCUT2D eigenvalue weighted by Crippen LogP contribution is 2.00. The van der Waals surface area contributed by atoms with E-state index < -0.39 is 0 Å². The zero-order valence-electron chi connectivity index (χ0n) is 11.4. The molecule has 0 spiro atoms. The molecule has 1 heteroatoms. The standard InChI is InChI=1S/C15H29N/c1-4-7-8-9-10-11-12-13-14-15-16(5-2)6-3/h10-11,13-14H,4-9,12,15H2,1-3H3/b11-10+,14-13+. The van der Waals surface area contributed by atoms with Crippen molar-refractivity contribution >= 4 is 0 Å². The summed E-state index contributed by atoms with van der Waals surface area (Å²) in [5.74, 6) is 0. The smallest absolute Gasteiger partial charge is 0.0163 e. The Morgan fingerprint density at radius 3 is 2.12 bits per heavy atom. The zero-order valence-corrected chi connectivity index (χ0v) is 11.4. The third-order valence-corrected chi connectivity index (χ3v) is 2.84. The van der Waals surface area contributed by atoms with Crippen LogP contribution in [0.1, 0.15) is 52.9 Å². The second kappa shape index (κ2) is 12.5. The molecule has 0 aromatic carbocycles. The van der Waals surface area contributed by atoms with Crippen molar-refractivity contribution in [1.82, 2.24) is 4.90 Å². The summed E-state index contributed by atoms with van der Waals surface area (Å²) >= 11 is 0. The number of rotatable bonds is 10. The molecule has 1 nitrogen and oxygen atoms in total. The lowest BCUT2D eigenvalue weighted by molar-refractivity contribution is 0.337. The highest BCUT2D eigenvalue weighted by atomic mass is 15.1. The molecular weight excluding hydrogens is 194 g/mol. The second-order valence-electron chi connectivity index (χ2n) is 4.16. The molecule has 0 aliphatic carbocycles. The fourth-order valence-corrected chi connectivity index (χ4v) is 1.61. The molecular formula is C15H29N. The molecule has 0 amide bonds. The molecule has 0 unspecified atom stereocenters. The van der Waals surface area contributed by atoms with E-state index in [0.717, 1.165) is 26.1 Å². The molecule has 0 aliphatic rings. The van der Waals surface area contributed by atoms with Crippen molar-refractivity contribution < 1.29 is 0 Å². The molecule has 0 fully saturated rings. The average Bonchev–Trinajstić information content (AvgIpc) is 2.32. The molecule has 0 saturated carbocycles. The van der Waals surface area contributed by atoms with Crippen LogP contribution >= 0.6 is 0 Å². The van der Waals surface area contributed by atoms with Crippen molar-refractivity contribution in [1.29, 1.82) is 0 Å². The first kappa shape index (κ1) is 15.4.